The van der Waals surface area contributed by atoms with E-state index in [2.05, 4.69) is 20.5 Å². The third kappa shape index (κ3) is 5.67. The molecule has 7 heteroatoms. The molecule has 1 amide bonds. The number of benzene rings is 1. The minimum atomic E-state index is -0.127. The fraction of sp³-hybridized carbons (Fsp3) is 0.400. The summed E-state index contributed by atoms with van der Waals surface area (Å²) < 4.78 is 11.0. The van der Waals surface area contributed by atoms with E-state index < -0.39 is 0 Å². The molecule has 0 radical (unpaired) electrons. The maximum absolute atomic E-state index is 12.4. The van der Waals surface area contributed by atoms with Crippen LogP contribution in [0.1, 0.15) is 17.3 Å². The highest BCUT2D eigenvalue weighted by atomic mass is 16.5. The second-order valence-electron chi connectivity index (χ2n) is 6.23. The number of carbonyl (C=O) groups is 1. The number of hydrogen-bond donors (Lipinski definition) is 2. The van der Waals surface area contributed by atoms with Crippen LogP contribution in [0.15, 0.2) is 42.7 Å². The highest BCUT2D eigenvalue weighted by molar-refractivity contribution is 5.94. The SMILES string of the molecule is CCOc1ccccc1Nc1cncc(C(=O)NCCN2CCOCC2)c1. The first-order chi connectivity index (χ1) is 13.3. The number of aromatic nitrogens is 1. The van der Waals surface area contributed by atoms with Crippen molar-refractivity contribution in [2.75, 3.05) is 51.3 Å². The minimum Gasteiger partial charge on any atom is -0.492 e. The highest BCUT2D eigenvalue weighted by Gasteiger charge is 2.12. The fourth-order valence-corrected chi connectivity index (χ4v) is 2.89. The van der Waals surface area contributed by atoms with Gasteiger partial charge >= 0.3 is 0 Å². The standard InChI is InChI=1S/C20H26N4O3/c1-2-27-19-6-4-3-5-18(19)23-17-13-16(14-21-15-17)20(25)22-7-8-24-9-11-26-12-10-24/h3-6,13-15,23H,2,7-12H2,1H3,(H,22,25). The average Bonchev–Trinajstić information content (AvgIpc) is 2.71. The number of morpholine rings is 1. The molecule has 1 aromatic carbocycles. The number of anilines is 2. The molecular weight excluding hydrogens is 344 g/mol. The second-order valence-corrected chi connectivity index (χ2v) is 6.23. The Morgan fingerprint density at radius 3 is 2.89 bits per heavy atom. The molecule has 3 rings (SSSR count). The molecule has 0 atom stereocenters. The van der Waals surface area contributed by atoms with E-state index in [1.807, 2.05) is 31.2 Å². The van der Waals surface area contributed by atoms with Gasteiger partial charge in [-0.3, -0.25) is 14.7 Å². The number of hydrogen-bond acceptors (Lipinski definition) is 6. The lowest BCUT2D eigenvalue weighted by molar-refractivity contribution is 0.0383. The molecule has 1 aromatic heterocycles. The van der Waals surface area contributed by atoms with Crippen LogP contribution >= 0.6 is 0 Å². The van der Waals surface area contributed by atoms with Gasteiger partial charge in [0, 0.05) is 32.4 Å². The molecule has 0 bridgehead atoms. The maximum Gasteiger partial charge on any atom is 0.252 e. The lowest BCUT2D eigenvalue weighted by atomic mass is 10.2. The number of rotatable bonds is 8. The Balaban J connectivity index is 1.57. The fourth-order valence-electron chi connectivity index (χ4n) is 2.89. The molecule has 2 N–H and O–H groups in total. The average molecular weight is 370 g/mol. The molecule has 0 unspecified atom stereocenters. The Morgan fingerprint density at radius 2 is 2.07 bits per heavy atom. The number of pyridine rings is 1. The first-order valence-corrected chi connectivity index (χ1v) is 9.28. The molecule has 7 nitrogen and oxygen atoms in total. The summed E-state index contributed by atoms with van der Waals surface area (Å²) >= 11 is 0. The first kappa shape index (κ1) is 19.1. The lowest BCUT2D eigenvalue weighted by Crippen LogP contribution is -2.41. The van der Waals surface area contributed by atoms with Gasteiger partial charge in [0.15, 0.2) is 0 Å². The van der Waals surface area contributed by atoms with Crippen LogP contribution in [0.2, 0.25) is 0 Å². The predicted molar refractivity (Wildman–Crippen MR) is 105 cm³/mol. The zero-order chi connectivity index (χ0) is 18.9. The van der Waals surface area contributed by atoms with Crippen molar-refractivity contribution in [2.24, 2.45) is 0 Å². The monoisotopic (exact) mass is 370 g/mol. The number of ether oxygens (including phenoxy) is 2. The van der Waals surface area contributed by atoms with E-state index >= 15 is 0 Å². The number of para-hydroxylation sites is 2. The Hall–Kier alpha value is -2.64. The van der Waals surface area contributed by atoms with E-state index in [9.17, 15) is 4.79 Å². The molecule has 1 aliphatic heterocycles. The Kier molecular flexibility index (Phi) is 7.01. The summed E-state index contributed by atoms with van der Waals surface area (Å²) in [4.78, 5) is 18.9. The third-order valence-corrected chi connectivity index (χ3v) is 4.28. The van der Waals surface area contributed by atoms with Crippen LogP contribution in [-0.2, 0) is 4.74 Å². The van der Waals surface area contributed by atoms with Gasteiger partial charge in [0.2, 0.25) is 0 Å². The van der Waals surface area contributed by atoms with E-state index in [1.165, 1.54) is 0 Å². The summed E-state index contributed by atoms with van der Waals surface area (Å²) in [7, 11) is 0. The Labute approximate surface area is 159 Å². The number of nitrogens with zero attached hydrogens (tertiary/aromatic N) is 2. The molecule has 1 fully saturated rings. The minimum absolute atomic E-state index is 0.127. The van der Waals surface area contributed by atoms with Crippen LogP contribution in [0.3, 0.4) is 0 Å². The quantitative estimate of drug-likeness (QED) is 0.743. The van der Waals surface area contributed by atoms with Crippen molar-refractivity contribution in [1.29, 1.82) is 0 Å². The van der Waals surface area contributed by atoms with Gasteiger partial charge in [-0.05, 0) is 25.1 Å². The Morgan fingerprint density at radius 1 is 1.26 bits per heavy atom. The van der Waals surface area contributed by atoms with Crippen LogP contribution in [0.4, 0.5) is 11.4 Å². The molecule has 0 saturated carbocycles. The van der Waals surface area contributed by atoms with Crippen molar-refractivity contribution < 1.29 is 14.3 Å². The molecule has 27 heavy (non-hydrogen) atoms. The number of carbonyl (C=O) groups excluding carboxylic acids is 1. The predicted octanol–water partition coefficient (Wildman–Crippen LogP) is 2.29. The van der Waals surface area contributed by atoms with Crippen molar-refractivity contribution >= 4 is 17.3 Å². The van der Waals surface area contributed by atoms with Crippen LogP contribution in [0, 0.1) is 0 Å². The van der Waals surface area contributed by atoms with Gasteiger partial charge in [0.1, 0.15) is 5.75 Å². The summed E-state index contributed by atoms with van der Waals surface area (Å²) in [6.45, 7) is 7.30. The van der Waals surface area contributed by atoms with Gasteiger partial charge in [0.25, 0.3) is 5.91 Å². The van der Waals surface area contributed by atoms with Crippen molar-refractivity contribution in [2.45, 2.75) is 6.92 Å². The van der Waals surface area contributed by atoms with E-state index in [4.69, 9.17) is 9.47 Å². The Bertz CT molecular complexity index is 748. The van der Waals surface area contributed by atoms with Gasteiger partial charge in [-0.15, -0.1) is 0 Å². The van der Waals surface area contributed by atoms with Crippen molar-refractivity contribution in [3.63, 3.8) is 0 Å². The summed E-state index contributed by atoms with van der Waals surface area (Å²) in [6.07, 6.45) is 3.26. The molecule has 144 valence electrons. The van der Waals surface area contributed by atoms with Gasteiger partial charge in [-0.1, -0.05) is 12.1 Å². The smallest absolute Gasteiger partial charge is 0.252 e. The largest absolute Gasteiger partial charge is 0.492 e. The zero-order valence-electron chi connectivity index (χ0n) is 15.6. The van der Waals surface area contributed by atoms with Gasteiger partial charge in [-0.2, -0.15) is 0 Å². The van der Waals surface area contributed by atoms with Crippen molar-refractivity contribution in [3.8, 4) is 5.75 Å². The lowest BCUT2D eigenvalue weighted by Gasteiger charge is -2.26. The van der Waals surface area contributed by atoms with Crippen LogP contribution in [0.25, 0.3) is 0 Å². The van der Waals surface area contributed by atoms with Gasteiger partial charge < -0.3 is 20.1 Å². The molecule has 1 aliphatic rings. The highest BCUT2D eigenvalue weighted by Crippen LogP contribution is 2.27. The molecule has 1 saturated heterocycles. The van der Waals surface area contributed by atoms with Crippen LogP contribution < -0.4 is 15.4 Å². The van der Waals surface area contributed by atoms with E-state index in [1.54, 1.807) is 18.5 Å². The summed E-state index contributed by atoms with van der Waals surface area (Å²) in [5, 5.41) is 6.23. The van der Waals surface area contributed by atoms with Crippen LogP contribution in [-0.4, -0.2) is 61.8 Å². The van der Waals surface area contributed by atoms with Gasteiger partial charge in [-0.25, -0.2) is 0 Å². The van der Waals surface area contributed by atoms with E-state index in [-0.39, 0.29) is 5.91 Å². The zero-order valence-corrected chi connectivity index (χ0v) is 15.6. The maximum atomic E-state index is 12.4. The molecule has 2 aromatic rings. The van der Waals surface area contributed by atoms with Gasteiger partial charge in [0.05, 0.1) is 43.0 Å². The normalized spacial score (nSPS) is 14.6. The molecule has 0 aliphatic carbocycles. The third-order valence-electron chi connectivity index (χ3n) is 4.28. The summed E-state index contributed by atoms with van der Waals surface area (Å²) in [5.74, 6) is 0.637. The van der Waals surface area contributed by atoms with Crippen molar-refractivity contribution in [3.05, 3.63) is 48.3 Å². The summed E-state index contributed by atoms with van der Waals surface area (Å²) in [5.41, 5.74) is 2.10. The van der Waals surface area contributed by atoms with Crippen LogP contribution in [0.5, 0.6) is 5.75 Å². The topological polar surface area (TPSA) is 75.7 Å². The number of nitrogens with one attached hydrogen (secondary N) is 2. The number of amides is 1. The van der Waals surface area contributed by atoms with E-state index in [0.29, 0.717) is 18.7 Å². The first-order valence-electron chi connectivity index (χ1n) is 9.28. The van der Waals surface area contributed by atoms with Crippen molar-refractivity contribution in [1.82, 2.24) is 15.2 Å². The van der Waals surface area contributed by atoms with E-state index in [0.717, 1.165) is 50.0 Å². The molecular formula is C20H26N4O3. The summed E-state index contributed by atoms with van der Waals surface area (Å²) in [6, 6.07) is 9.48. The molecule has 0 spiro atoms. The molecule has 2 heterocycles. The second kappa shape index (κ2) is 9.89.